The minimum Gasteiger partial charge on any atom is -0.480 e. The van der Waals surface area contributed by atoms with Crippen LogP contribution in [0.5, 0.6) is 0 Å². The smallest absolute Gasteiger partial charge is 0.416 e. The van der Waals surface area contributed by atoms with E-state index in [0.717, 1.165) is 12.1 Å². The van der Waals surface area contributed by atoms with Gasteiger partial charge in [-0.1, -0.05) is 6.07 Å². The Kier molecular flexibility index (Phi) is 3.23. The Morgan fingerprint density at radius 2 is 2.00 bits per heavy atom. The van der Waals surface area contributed by atoms with Gasteiger partial charge in [0.05, 0.1) is 5.56 Å². The van der Waals surface area contributed by atoms with Crippen LogP contribution < -0.4 is 5.73 Å². The molecule has 1 atom stereocenters. The van der Waals surface area contributed by atoms with Crippen LogP contribution in [0.4, 0.5) is 13.2 Å². The van der Waals surface area contributed by atoms with Crippen LogP contribution in [0.3, 0.4) is 0 Å². The number of aliphatic carboxylic acids is 1. The van der Waals surface area contributed by atoms with Crippen LogP contribution in [0.2, 0.25) is 0 Å². The monoisotopic (exact) mass is 233 g/mol. The van der Waals surface area contributed by atoms with E-state index in [9.17, 15) is 18.0 Å². The van der Waals surface area contributed by atoms with Gasteiger partial charge < -0.3 is 10.8 Å². The zero-order valence-corrected chi connectivity index (χ0v) is 8.38. The minimum atomic E-state index is -4.50. The number of alkyl halides is 3. The van der Waals surface area contributed by atoms with Gasteiger partial charge in [0.25, 0.3) is 0 Å². The Morgan fingerprint density at radius 3 is 2.44 bits per heavy atom. The van der Waals surface area contributed by atoms with Gasteiger partial charge in [0.1, 0.15) is 6.04 Å². The van der Waals surface area contributed by atoms with Crippen LogP contribution in [-0.4, -0.2) is 11.1 Å². The molecule has 3 N–H and O–H groups in total. The molecule has 0 radical (unpaired) electrons. The Hall–Kier alpha value is -1.56. The van der Waals surface area contributed by atoms with E-state index in [2.05, 4.69) is 0 Å². The first-order valence-electron chi connectivity index (χ1n) is 4.39. The maximum atomic E-state index is 12.4. The molecule has 6 heteroatoms. The first-order chi connectivity index (χ1) is 7.23. The van der Waals surface area contributed by atoms with Gasteiger partial charge in [-0.2, -0.15) is 13.2 Å². The molecule has 0 aromatic heterocycles. The van der Waals surface area contributed by atoms with Crippen LogP contribution in [0.15, 0.2) is 18.2 Å². The van der Waals surface area contributed by atoms with E-state index in [1.54, 1.807) is 0 Å². The summed E-state index contributed by atoms with van der Waals surface area (Å²) in [7, 11) is 0. The molecule has 88 valence electrons. The molecule has 1 rings (SSSR count). The maximum absolute atomic E-state index is 12.4. The molecule has 0 aliphatic heterocycles. The van der Waals surface area contributed by atoms with Crippen molar-refractivity contribution in [3.05, 3.63) is 34.9 Å². The van der Waals surface area contributed by atoms with Crippen LogP contribution in [0.25, 0.3) is 0 Å². The van der Waals surface area contributed by atoms with Crippen LogP contribution >= 0.6 is 0 Å². The summed E-state index contributed by atoms with van der Waals surface area (Å²) in [6.07, 6.45) is -4.50. The van der Waals surface area contributed by atoms with Gasteiger partial charge in [-0.15, -0.1) is 0 Å². The lowest BCUT2D eigenvalue weighted by Crippen LogP contribution is -2.22. The second kappa shape index (κ2) is 4.13. The third-order valence-corrected chi connectivity index (χ3v) is 2.21. The molecule has 0 saturated carbocycles. The van der Waals surface area contributed by atoms with Crippen molar-refractivity contribution >= 4 is 5.97 Å². The molecule has 0 saturated heterocycles. The normalized spacial score (nSPS) is 13.6. The Morgan fingerprint density at radius 1 is 1.44 bits per heavy atom. The molecule has 0 heterocycles. The molecule has 0 aliphatic rings. The fourth-order valence-corrected chi connectivity index (χ4v) is 1.28. The average molecular weight is 233 g/mol. The van der Waals surface area contributed by atoms with E-state index in [4.69, 9.17) is 10.8 Å². The highest BCUT2D eigenvalue weighted by Crippen LogP contribution is 2.31. The lowest BCUT2D eigenvalue weighted by Gasteiger charge is -2.13. The van der Waals surface area contributed by atoms with Gasteiger partial charge in [0.15, 0.2) is 0 Å². The van der Waals surface area contributed by atoms with Crippen molar-refractivity contribution in [1.82, 2.24) is 0 Å². The number of aryl methyl sites for hydroxylation is 1. The van der Waals surface area contributed by atoms with Crippen molar-refractivity contribution in [2.75, 3.05) is 0 Å². The zero-order valence-electron chi connectivity index (χ0n) is 8.38. The summed E-state index contributed by atoms with van der Waals surface area (Å²) in [4.78, 5) is 10.6. The van der Waals surface area contributed by atoms with Crippen molar-refractivity contribution in [2.45, 2.75) is 19.1 Å². The van der Waals surface area contributed by atoms with Crippen LogP contribution in [0, 0.1) is 6.92 Å². The summed E-state index contributed by atoms with van der Waals surface area (Å²) in [6, 6.07) is 1.44. The number of hydrogen-bond donors (Lipinski definition) is 2. The molecule has 3 nitrogen and oxygen atoms in total. The summed E-state index contributed by atoms with van der Waals surface area (Å²) in [5.74, 6) is -1.36. The molecular formula is C10H10F3NO2. The van der Waals surface area contributed by atoms with Crippen molar-refractivity contribution in [3.8, 4) is 0 Å². The summed E-state index contributed by atoms with van der Waals surface area (Å²) in [6.45, 7) is 1.51. The predicted octanol–water partition coefficient (Wildman–Crippen LogP) is 2.10. The minimum absolute atomic E-state index is 0.0256. The number of hydrogen-bond acceptors (Lipinski definition) is 2. The third kappa shape index (κ3) is 2.52. The SMILES string of the molecule is Cc1ccc(C(F)(F)F)cc1[C@H](N)C(=O)O. The first-order valence-corrected chi connectivity index (χ1v) is 4.39. The van der Waals surface area contributed by atoms with Gasteiger partial charge in [0, 0.05) is 0 Å². The maximum Gasteiger partial charge on any atom is 0.416 e. The van der Waals surface area contributed by atoms with E-state index in [0.29, 0.717) is 5.56 Å². The number of carboxylic acids is 1. The second-order valence-electron chi connectivity index (χ2n) is 3.39. The van der Waals surface area contributed by atoms with E-state index in [1.807, 2.05) is 0 Å². The summed E-state index contributed by atoms with van der Waals surface area (Å²) < 4.78 is 37.1. The quantitative estimate of drug-likeness (QED) is 0.822. The first kappa shape index (κ1) is 12.5. The van der Waals surface area contributed by atoms with E-state index >= 15 is 0 Å². The molecule has 0 unspecified atom stereocenters. The number of benzene rings is 1. The molecular weight excluding hydrogens is 223 g/mol. The van der Waals surface area contributed by atoms with E-state index < -0.39 is 23.8 Å². The number of nitrogens with two attached hydrogens (primary N) is 1. The topological polar surface area (TPSA) is 63.3 Å². The molecule has 16 heavy (non-hydrogen) atoms. The average Bonchev–Trinajstić information content (AvgIpc) is 2.15. The number of carbonyl (C=O) groups is 1. The van der Waals surface area contributed by atoms with Gasteiger partial charge in [-0.25, -0.2) is 0 Å². The lowest BCUT2D eigenvalue weighted by molar-refractivity contribution is -0.140. The lowest BCUT2D eigenvalue weighted by atomic mass is 9.99. The van der Waals surface area contributed by atoms with E-state index in [1.165, 1.54) is 13.0 Å². The van der Waals surface area contributed by atoms with Crippen molar-refractivity contribution in [3.63, 3.8) is 0 Å². The largest absolute Gasteiger partial charge is 0.480 e. The molecule has 0 aliphatic carbocycles. The van der Waals surface area contributed by atoms with Crippen LogP contribution in [-0.2, 0) is 11.0 Å². The van der Waals surface area contributed by atoms with Gasteiger partial charge in [-0.3, -0.25) is 4.79 Å². The number of halogens is 3. The van der Waals surface area contributed by atoms with Crippen molar-refractivity contribution in [2.24, 2.45) is 5.73 Å². The summed E-state index contributed by atoms with van der Waals surface area (Å²) in [5.41, 5.74) is 4.78. The molecule has 0 fully saturated rings. The molecule has 1 aromatic carbocycles. The molecule has 0 spiro atoms. The molecule has 0 amide bonds. The van der Waals surface area contributed by atoms with E-state index in [-0.39, 0.29) is 5.56 Å². The number of carboxylic acid groups (broad SMARTS) is 1. The summed E-state index contributed by atoms with van der Waals surface area (Å²) in [5, 5.41) is 8.65. The third-order valence-electron chi connectivity index (χ3n) is 2.21. The fourth-order valence-electron chi connectivity index (χ4n) is 1.28. The molecule has 1 aromatic rings. The van der Waals surface area contributed by atoms with Crippen molar-refractivity contribution in [1.29, 1.82) is 0 Å². The van der Waals surface area contributed by atoms with Gasteiger partial charge in [-0.05, 0) is 30.2 Å². The highest BCUT2D eigenvalue weighted by Gasteiger charge is 2.31. The Balaban J connectivity index is 3.24. The number of rotatable bonds is 2. The van der Waals surface area contributed by atoms with Gasteiger partial charge >= 0.3 is 12.1 Å². The Labute approximate surface area is 89.7 Å². The fraction of sp³-hybridized carbons (Fsp3) is 0.300. The predicted molar refractivity (Wildman–Crippen MR) is 50.7 cm³/mol. The standard InChI is InChI=1S/C10H10F3NO2/c1-5-2-3-6(10(11,12)13)4-7(5)8(14)9(15)16/h2-4,8H,14H2,1H3,(H,15,16)/t8-/m0/s1. The van der Waals surface area contributed by atoms with Crippen LogP contribution in [0.1, 0.15) is 22.7 Å². The zero-order chi connectivity index (χ0) is 12.5. The van der Waals surface area contributed by atoms with Crippen molar-refractivity contribution < 1.29 is 23.1 Å². The Bertz CT molecular complexity index is 415. The second-order valence-corrected chi connectivity index (χ2v) is 3.39. The summed E-state index contributed by atoms with van der Waals surface area (Å²) >= 11 is 0. The highest BCUT2D eigenvalue weighted by molar-refractivity contribution is 5.75. The van der Waals surface area contributed by atoms with Gasteiger partial charge in [0.2, 0.25) is 0 Å². The molecule has 0 bridgehead atoms. The highest BCUT2D eigenvalue weighted by atomic mass is 19.4.